The van der Waals surface area contributed by atoms with E-state index in [4.69, 9.17) is 15.2 Å². The van der Waals surface area contributed by atoms with Crippen LogP contribution in [-0.4, -0.2) is 17.7 Å². The number of ether oxygens (including phenoxy) is 2. The quantitative estimate of drug-likeness (QED) is 0.826. The molecule has 5 heteroatoms. The summed E-state index contributed by atoms with van der Waals surface area (Å²) in [5.41, 5.74) is 7.09. The van der Waals surface area contributed by atoms with Gasteiger partial charge in [-0.1, -0.05) is 19.4 Å². The number of phenolic OH excluding ortho intramolecular Hbond substituents is 1. The van der Waals surface area contributed by atoms with Gasteiger partial charge in [0.1, 0.15) is 17.1 Å². The predicted octanol–water partition coefficient (Wildman–Crippen LogP) is 2.40. The third kappa shape index (κ3) is 2.57. The molecule has 0 fully saturated rings. The summed E-state index contributed by atoms with van der Waals surface area (Å²) in [6.07, 6.45) is 1.65. The van der Waals surface area contributed by atoms with E-state index in [0.29, 0.717) is 11.3 Å². The third-order valence-electron chi connectivity index (χ3n) is 3.28. The van der Waals surface area contributed by atoms with Gasteiger partial charge in [0.25, 0.3) is 0 Å². The van der Waals surface area contributed by atoms with Crippen LogP contribution in [0.25, 0.3) is 0 Å². The molecule has 1 aliphatic rings. The van der Waals surface area contributed by atoms with Crippen molar-refractivity contribution >= 4 is 5.97 Å². The molecule has 0 saturated carbocycles. The van der Waals surface area contributed by atoms with Crippen molar-refractivity contribution in [3.05, 3.63) is 35.2 Å². The Hall–Kier alpha value is -2.17. The molecular formula is C15H19NO4. The number of hydrogen-bond acceptors (Lipinski definition) is 5. The molecule has 5 nitrogen and oxygen atoms in total. The van der Waals surface area contributed by atoms with E-state index in [-0.39, 0.29) is 24.2 Å². The van der Waals surface area contributed by atoms with Crippen LogP contribution in [0.15, 0.2) is 29.7 Å². The standard InChI is InChI=1S/C15H19NO4/c1-3-5-11-10-7-6-9(17)8-12(10)20-14(16)13(11)15(18)19-4-2/h6-8,11,17H,3-5,16H2,1-2H3/t11-/m0/s1. The van der Waals surface area contributed by atoms with Crippen LogP contribution in [0.1, 0.15) is 38.2 Å². The van der Waals surface area contributed by atoms with Crippen molar-refractivity contribution in [2.45, 2.75) is 32.6 Å². The van der Waals surface area contributed by atoms with Crippen molar-refractivity contribution in [1.29, 1.82) is 0 Å². The van der Waals surface area contributed by atoms with E-state index >= 15 is 0 Å². The molecule has 2 rings (SSSR count). The number of fused-ring (bicyclic) bond motifs is 1. The first-order valence-corrected chi connectivity index (χ1v) is 6.76. The Morgan fingerprint density at radius 2 is 2.20 bits per heavy atom. The molecule has 1 heterocycles. The van der Waals surface area contributed by atoms with Crippen molar-refractivity contribution in [3.63, 3.8) is 0 Å². The summed E-state index contributed by atoms with van der Waals surface area (Å²) in [7, 11) is 0. The molecule has 3 N–H and O–H groups in total. The summed E-state index contributed by atoms with van der Waals surface area (Å²) < 4.78 is 10.5. The number of esters is 1. The predicted molar refractivity (Wildman–Crippen MR) is 74.2 cm³/mol. The molecule has 0 bridgehead atoms. The maximum Gasteiger partial charge on any atom is 0.340 e. The van der Waals surface area contributed by atoms with E-state index in [1.807, 2.05) is 6.92 Å². The number of nitrogens with two attached hydrogens (primary N) is 1. The lowest BCUT2D eigenvalue weighted by Crippen LogP contribution is -2.26. The van der Waals surface area contributed by atoms with Gasteiger partial charge in [0.15, 0.2) is 0 Å². The first-order valence-electron chi connectivity index (χ1n) is 6.76. The highest BCUT2D eigenvalue weighted by atomic mass is 16.5. The summed E-state index contributed by atoms with van der Waals surface area (Å²) in [6.45, 7) is 4.07. The highest BCUT2D eigenvalue weighted by Gasteiger charge is 2.33. The number of carbonyl (C=O) groups is 1. The lowest BCUT2D eigenvalue weighted by atomic mass is 9.85. The van der Waals surface area contributed by atoms with Crippen molar-refractivity contribution < 1.29 is 19.4 Å². The molecule has 108 valence electrons. The van der Waals surface area contributed by atoms with Crippen LogP contribution in [0.4, 0.5) is 0 Å². The van der Waals surface area contributed by atoms with Gasteiger partial charge < -0.3 is 20.3 Å². The fourth-order valence-corrected chi connectivity index (χ4v) is 2.44. The fourth-order valence-electron chi connectivity index (χ4n) is 2.44. The van der Waals surface area contributed by atoms with E-state index < -0.39 is 5.97 Å². The molecule has 0 unspecified atom stereocenters. The molecule has 0 amide bonds. The Kier molecular flexibility index (Phi) is 4.17. The van der Waals surface area contributed by atoms with Crippen molar-refractivity contribution in [2.24, 2.45) is 5.73 Å². The van der Waals surface area contributed by atoms with Crippen LogP contribution < -0.4 is 10.5 Å². The Balaban J connectivity index is 2.46. The zero-order valence-corrected chi connectivity index (χ0v) is 11.7. The molecule has 0 aliphatic carbocycles. The molecule has 1 aromatic rings. The topological polar surface area (TPSA) is 81.8 Å². The van der Waals surface area contributed by atoms with E-state index in [2.05, 4.69) is 0 Å². The number of phenols is 1. The molecule has 20 heavy (non-hydrogen) atoms. The Morgan fingerprint density at radius 1 is 1.45 bits per heavy atom. The van der Waals surface area contributed by atoms with Gasteiger partial charge in [-0.25, -0.2) is 4.79 Å². The Labute approximate surface area is 118 Å². The average molecular weight is 277 g/mol. The van der Waals surface area contributed by atoms with Gasteiger partial charge in [-0.05, 0) is 19.4 Å². The van der Waals surface area contributed by atoms with Crippen molar-refractivity contribution in [2.75, 3.05) is 6.61 Å². The van der Waals surface area contributed by atoms with E-state index in [0.717, 1.165) is 18.4 Å². The number of aromatic hydroxyl groups is 1. The number of carbonyl (C=O) groups excluding carboxylic acids is 1. The Bertz CT molecular complexity index is 551. The molecule has 1 aliphatic heterocycles. The minimum Gasteiger partial charge on any atom is -0.508 e. The summed E-state index contributed by atoms with van der Waals surface area (Å²) in [5, 5.41) is 9.52. The van der Waals surface area contributed by atoms with Crippen LogP contribution in [-0.2, 0) is 9.53 Å². The maximum atomic E-state index is 12.1. The number of hydrogen-bond donors (Lipinski definition) is 2. The zero-order valence-electron chi connectivity index (χ0n) is 11.7. The lowest BCUT2D eigenvalue weighted by molar-refractivity contribution is -0.139. The van der Waals surface area contributed by atoms with Gasteiger partial charge in [-0.3, -0.25) is 0 Å². The molecule has 1 aromatic carbocycles. The molecule has 0 spiro atoms. The van der Waals surface area contributed by atoms with Crippen molar-refractivity contribution in [3.8, 4) is 11.5 Å². The van der Waals surface area contributed by atoms with Crippen LogP contribution in [0.5, 0.6) is 11.5 Å². The molecule has 1 atom stereocenters. The van der Waals surface area contributed by atoms with Crippen LogP contribution >= 0.6 is 0 Å². The average Bonchev–Trinajstić information content (AvgIpc) is 2.38. The molecule has 0 saturated heterocycles. The molecule has 0 radical (unpaired) electrons. The normalized spacial score (nSPS) is 17.4. The lowest BCUT2D eigenvalue weighted by Gasteiger charge is -2.27. The van der Waals surface area contributed by atoms with Gasteiger partial charge in [0, 0.05) is 17.5 Å². The first-order chi connectivity index (χ1) is 9.58. The summed E-state index contributed by atoms with van der Waals surface area (Å²) in [6, 6.07) is 4.85. The zero-order chi connectivity index (χ0) is 14.7. The van der Waals surface area contributed by atoms with Crippen LogP contribution in [0, 0.1) is 0 Å². The minimum absolute atomic E-state index is 0.0556. The molecular weight excluding hydrogens is 258 g/mol. The second-order valence-electron chi connectivity index (χ2n) is 4.66. The Morgan fingerprint density at radius 3 is 2.85 bits per heavy atom. The monoisotopic (exact) mass is 277 g/mol. The van der Waals surface area contributed by atoms with E-state index in [9.17, 15) is 9.90 Å². The smallest absolute Gasteiger partial charge is 0.340 e. The number of rotatable bonds is 4. The van der Waals surface area contributed by atoms with E-state index in [1.54, 1.807) is 19.1 Å². The summed E-state index contributed by atoms with van der Waals surface area (Å²) in [4.78, 5) is 12.1. The first kappa shape index (κ1) is 14.2. The molecule has 0 aromatic heterocycles. The van der Waals surface area contributed by atoms with Gasteiger partial charge in [0.05, 0.1) is 6.61 Å². The second kappa shape index (κ2) is 5.86. The second-order valence-corrected chi connectivity index (χ2v) is 4.66. The minimum atomic E-state index is -0.442. The van der Waals surface area contributed by atoms with E-state index in [1.165, 1.54) is 6.07 Å². The van der Waals surface area contributed by atoms with Crippen LogP contribution in [0.3, 0.4) is 0 Å². The highest BCUT2D eigenvalue weighted by Crippen LogP contribution is 2.42. The highest BCUT2D eigenvalue weighted by molar-refractivity contribution is 5.91. The van der Waals surface area contributed by atoms with Crippen LogP contribution in [0.2, 0.25) is 0 Å². The fraction of sp³-hybridized carbons (Fsp3) is 0.400. The SMILES string of the molecule is CCC[C@@H]1C(C(=O)OCC)=C(N)Oc2cc(O)ccc21. The van der Waals surface area contributed by atoms with Gasteiger partial charge >= 0.3 is 5.97 Å². The van der Waals surface area contributed by atoms with Gasteiger partial charge in [-0.15, -0.1) is 0 Å². The van der Waals surface area contributed by atoms with Gasteiger partial charge in [0.2, 0.25) is 5.88 Å². The van der Waals surface area contributed by atoms with Gasteiger partial charge in [-0.2, -0.15) is 0 Å². The summed E-state index contributed by atoms with van der Waals surface area (Å²) >= 11 is 0. The third-order valence-corrected chi connectivity index (χ3v) is 3.28. The van der Waals surface area contributed by atoms with Crippen molar-refractivity contribution in [1.82, 2.24) is 0 Å². The number of benzene rings is 1. The maximum absolute atomic E-state index is 12.1. The summed E-state index contributed by atoms with van der Waals surface area (Å²) in [5.74, 6) is 0.0472. The largest absolute Gasteiger partial charge is 0.508 e.